The molecule has 2 aromatic rings. The molecule has 0 spiro atoms. The van der Waals surface area contributed by atoms with Gasteiger partial charge in [0.25, 0.3) is 5.69 Å². The van der Waals surface area contributed by atoms with E-state index in [2.05, 4.69) is 19.2 Å². The molecular formula is C26H29N3O4. The van der Waals surface area contributed by atoms with Crippen LogP contribution in [-0.4, -0.2) is 16.6 Å². The summed E-state index contributed by atoms with van der Waals surface area (Å²) < 4.78 is 0. The highest BCUT2D eigenvalue weighted by molar-refractivity contribution is 6.06. The monoisotopic (exact) mass is 447 g/mol. The number of carbonyl (C=O) groups excluding carboxylic acids is 2. The van der Waals surface area contributed by atoms with Gasteiger partial charge in [-0.3, -0.25) is 24.6 Å². The van der Waals surface area contributed by atoms with Crippen LogP contribution in [0.25, 0.3) is 0 Å². The Labute approximate surface area is 193 Å². The number of Topliss-reactive ketones (excluding diaryl/α,β-unsaturated/α-hetero) is 1. The zero-order valence-electron chi connectivity index (χ0n) is 19.3. The van der Waals surface area contributed by atoms with Crippen LogP contribution < -0.4 is 10.2 Å². The van der Waals surface area contributed by atoms with Crippen LogP contribution in [-0.2, 0) is 9.59 Å². The number of non-ortho nitro benzene ring substituents is 1. The fourth-order valence-electron chi connectivity index (χ4n) is 4.80. The van der Waals surface area contributed by atoms with Gasteiger partial charge in [0.05, 0.1) is 22.3 Å². The Morgan fingerprint density at radius 1 is 1.15 bits per heavy atom. The summed E-state index contributed by atoms with van der Waals surface area (Å²) in [6, 6.07) is 13.1. The molecule has 0 radical (unpaired) electrons. The van der Waals surface area contributed by atoms with Gasteiger partial charge >= 0.3 is 0 Å². The number of ketones is 1. The molecule has 172 valence electrons. The molecule has 4 rings (SSSR count). The van der Waals surface area contributed by atoms with Crippen LogP contribution in [0.1, 0.15) is 64.5 Å². The Morgan fingerprint density at radius 3 is 2.52 bits per heavy atom. The maximum Gasteiger partial charge on any atom is 0.269 e. The second-order valence-electron chi connectivity index (χ2n) is 9.59. The topological polar surface area (TPSA) is 92.6 Å². The van der Waals surface area contributed by atoms with Gasteiger partial charge in [-0.15, -0.1) is 0 Å². The van der Waals surface area contributed by atoms with E-state index in [0.717, 1.165) is 24.2 Å². The van der Waals surface area contributed by atoms with Gasteiger partial charge in [-0.1, -0.05) is 39.3 Å². The minimum atomic E-state index is -0.648. The molecule has 7 heteroatoms. The summed E-state index contributed by atoms with van der Waals surface area (Å²) in [7, 11) is 0. The van der Waals surface area contributed by atoms with Gasteiger partial charge in [-0.05, 0) is 48.1 Å². The first-order valence-electron chi connectivity index (χ1n) is 11.4. The van der Waals surface area contributed by atoms with Crippen LogP contribution in [0.15, 0.2) is 59.8 Å². The molecule has 0 saturated carbocycles. The highest BCUT2D eigenvalue weighted by Crippen LogP contribution is 2.48. The molecule has 2 aliphatic rings. The number of amides is 1. The molecule has 0 unspecified atom stereocenters. The van der Waals surface area contributed by atoms with E-state index in [0.29, 0.717) is 36.1 Å². The highest BCUT2D eigenvalue weighted by Gasteiger charge is 2.43. The van der Waals surface area contributed by atoms with Crippen molar-refractivity contribution in [1.29, 1.82) is 0 Å². The number of hydrogen-bond donors (Lipinski definition) is 1. The van der Waals surface area contributed by atoms with Crippen LogP contribution in [0.2, 0.25) is 0 Å². The van der Waals surface area contributed by atoms with Gasteiger partial charge in [0.2, 0.25) is 5.91 Å². The number of nitro groups is 1. The molecule has 1 aliphatic heterocycles. The molecule has 2 aromatic carbocycles. The van der Waals surface area contributed by atoms with Crippen molar-refractivity contribution in [1.82, 2.24) is 0 Å². The van der Waals surface area contributed by atoms with Gasteiger partial charge in [0, 0.05) is 36.2 Å². The summed E-state index contributed by atoms with van der Waals surface area (Å²) in [5.41, 5.74) is 3.33. The summed E-state index contributed by atoms with van der Waals surface area (Å²) in [5, 5.41) is 14.7. The quantitative estimate of drug-likeness (QED) is 0.453. The SMILES string of the molecule is CCCCC(=O)N1c2ccccc2NC2=C(C(=O)CC(C)(C)C2)[C@H]1c1ccc([N+](=O)[O-])cc1. The van der Waals surface area contributed by atoms with Crippen LogP contribution in [0.3, 0.4) is 0 Å². The number of unbranched alkanes of at least 4 members (excludes halogenated alkanes) is 1. The first kappa shape index (κ1) is 22.7. The average Bonchev–Trinajstić information content (AvgIpc) is 2.91. The van der Waals surface area contributed by atoms with E-state index in [1.54, 1.807) is 17.0 Å². The van der Waals surface area contributed by atoms with Crippen molar-refractivity contribution in [3.05, 3.63) is 75.5 Å². The molecule has 1 N–H and O–H groups in total. The number of allylic oxidation sites excluding steroid dienone is 1. The van der Waals surface area contributed by atoms with Gasteiger partial charge in [-0.25, -0.2) is 0 Å². The van der Waals surface area contributed by atoms with E-state index >= 15 is 0 Å². The number of anilines is 2. The van der Waals surface area contributed by atoms with Crippen LogP contribution in [0.5, 0.6) is 0 Å². The van der Waals surface area contributed by atoms with Crippen LogP contribution >= 0.6 is 0 Å². The number of nitro benzene ring substituents is 1. The predicted octanol–water partition coefficient (Wildman–Crippen LogP) is 5.93. The second-order valence-corrected chi connectivity index (χ2v) is 9.59. The molecule has 7 nitrogen and oxygen atoms in total. The van der Waals surface area contributed by atoms with Gasteiger partial charge in [-0.2, -0.15) is 0 Å². The number of nitrogens with one attached hydrogen (secondary N) is 1. The third-order valence-corrected chi connectivity index (χ3v) is 6.33. The van der Waals surface area contributed by atoms with Crippen molar-refractivity contribution in [3.8, 4) is 0 Å². The molecule has 0 saturated heterocycles. The van der Waals surface area contributed by atoms with Gasteiger partial charge < -0.3 is 5.32 Å². The Morgan fingerprint density at radius 2 is 1.85 bits per heavy atom. The van der Waals surface area contributed by atoms with Crippen molar-refractivity contribution in [2.24, 2.45) is 5.41 Å². The number of carbonyl (C=O) groups is 2. The third-order valence-electron chi connectivity index (χ3n) is 6.33. The minimum absolute atomic E-state index is 0.00167. The predicted molar refractivity (Wildman–Crippen MR) is 128 cm³/mol. The Bertz CT molecular complexity index is 1130. The average molecular weight is 448 g/mol. The lowest BCUT2D eigenvalue weighted by atomic mass is 9.73. The minimum Gasteiger partial charge on any atom is -0.357 e. The Kier molecular flexibility index (Phi) is 6.06. The lowest BCUT2D eigenvalue weighted by Crippen LogP contribution is -2.39. The van der Waals surface area contributed by atoms with Crippen LogP contribution in [0.4, 0.5) is 17.1 Å². The van der Waals surface area contributed by atoms with Crippen molar-refractivity contribution < 1.29 is 14.5 Å². The fourth-order valence-corrected chi connectivity index (χ4v) is 4.80. The summed E-state index contributed by atoms with van der Waals surface area (Å²) in [6.45, 7) is 6.17. The molecule has 1 aliphatic carbocycles. The largest absolute Gasteiger partial charge is 0.357 e. The zero-order valence-corrected chi connectivity index (χ0v) is 19.3. The molecule has 33 heavy (non-hydrogen) atoms. The van der Waals surface area contributed by atoms with E-state index < -0.39 is 11.0 Å². The number of hydrogen-bond acceptors (Lipinski definition) is 5. The summed E-state index contributed by atoms with van der Waals surface area (Å²) in [6.07, 6.45) is 3.03. The standard InChI is InChI=1S/C26H29N3O4/c1-4-5-10-23(31)28-21-9-7-6-8-19(21)27-20-15-26(2,3)16-22(30)24(20)25(28)17-11-13-18(14-12-17)29(32)33/h6-9,11-14,25,27H,4-5,10,15-16H2,1-3H3/t25-/m1/s1. The fraction of sp³-hybridized carbons (Fsp3) is 0.385. The highest BCUT2D eigenvalue weighted by atomic mass is 16.6. The third kappa shape index (κ3) is 4.40. The first-order valence-corrected chi connectivity index (χ1v) is 11.4. The Hall–Kier alpha value is -3.48. The molecule has 0 bridgehead atoms. The lowest BCUT2D eigenvalue weighted by Gasteiger charge is -2.37. The maximum atomic E-state index is 13.6. The van der Waals surface area contributed by atoms with E-state index in [1.807, 2.05) is 31.2 Å². The molecule has 0 aromatic heterocycles. The number of fused-ring (bicyclic) bond motifs is 1. The van der Waals surface area contributed by atoms with E-state index in [1.165, 1.54) is 12.1 Å². The lowest BCUT2D eigenvalue weighted by molar-refractivity contribution is -0.384. The van der Waals surface area contributed by atoms with E-state index in [-0.39, 0.29) is 22.8 Å². The van der Waals surface area contributed by atoms with E-state index in [9.17, 15) is 19.7 Å². The molecule has 1 atom stereocenters. The van der Waals surface area contributed by atoms with Crippen LogP contribution in [0, 0.1) is 15.5 Å². The number of nitrogens with zero attached hydrogens (tertiary/aromatic N) is 2. The van der Waals surface area contributed by atoms with Crippen molar-refractivity contribution >= 4 is 28.8 Å². The van der Waals surface area contributed by atoms with Crippen molar-refractivity contribution in [2.75, 3.05) is 10.2 Å². The summed E-state index contributed by atoms with van der Waals surface area (Å²) in [5.74, 6) is -0.0703. The molecule has 0 fully saturated rings. The first-order chi connectivity index (χ1) is 15.7. The Balaban J connectivity index is 1.95. The van der Waals surface area contributed by atoms with Crippen molar-refractivity contribution in [3.63, 3.8) is 0 Å². The normalized spacial score (nSPS) is 19.3. The smallest absolute Gasteiger partial charge is 0.269 e. The summed E-state index contributed by atoms with van der Waals surface area (Å²) >= 11 is 0. The zero-order chi connectivity index (χ0) is 23.8. The maximum absolute atomic E-state index is 13.6. The van der Waals surface area contributed by atoms with Crippen molar-refractivity contribution in [2.45, 2.75) is 58.9 Å². The number of benzene rings is 2. The molecule has 1 heterocycles. The molecular weight excluding hydrogens is 418 g/mol. The number of rotatable bonds is 5. The molecule has 1 amide bonds. The summed E-state index contributed by atoms with van der Waals surface area (Å²) in [4.78, 5) is 39.6. The van der Waals surface area contributed by atoms with Gasteiger partial charge in [0.1, 0.15) is 0 Å². The number of para-hydroxylation sites is 2. The van der Waals surface area contributed by atoms with E-state index in [4.69, 9.17) is 0 Å². The van der Waals surface area contributed by atoms with Gasteiger partial charge in [0.15, 0.2) is 5.78 Å². The second kappa shape index (κ2) is 8.81.